The highest BCUT2D eigenvalue weighted by atomic mass is 16.5. The Morgan fingerprint density at radius 3 is 1.57 bits per heavy atom. The average molecular weight is 1480 g/mol. The second-order valence-electron chi connectivity index (χ2n) is 27.4. The Labute approximate surface area is 604 Å². The lowest BCUT2D eigenvalue weighted by Crippen LogP contribution is -2.64. The van der Waals surface area contributed by atoms with Gasteiger partial charge in [0.15, 0.2) is 24.1 Å². The lowest BCUT2D eigenvalue weighted by Gasteiger charge is -2.34. The van der Waals surface area contributed by atoms with Crippen molar-refractivity contribution in [3.63, 3.8) is 0 Å². The van der Waals surface area contributed by atoms with E-state index in [4.69, 9.17) is 39.1 Å². The molecule has 586 valence electrons. The van der Waals surface area contributed by atoms with Crippen molar-refractivity contribution in [2.45, 2.75) is 231 Å². The largest absolute Gasteiger partial charge is 0.508 e. The van der Waals surface area contributed by atoms with Crippen molar-refractivity contribution in [1.29, 1.82) is 0 Å². The number of amides is 12. The SMILES string of the molecule is CC(C)C[C@H](NC(=O)[C@@H](CCCN=C(N)N)NC(=O)[C@H](NC(=O)[C@H](NC(=O)[C@H](NC(=O)[C@H](O)[C@H](O)[C@H](CCCN=C(N)N)NC(=O)[C@@H](C)NC(=O)[C@H](C)[C@H](O)[C@H](C)CC(C)C)[C@@H](C)CC(N)=O)[C@@H](C)O)[C@@H](C)O)C(=O)N(C)[C@@H](CCC(N)=O)C(=O)N[C@H]1C(=O)N(C)[C@@H](C)C(=O)O[C@H]1c1ccc(O)cc1. The van der Waals surface area contributed by atoms with Crippen LogP contribution in [0.1, 0.15) is 146 Å². The first-order valence-corrected chi connectivity index (χ1v) is 34.4. The lowest BCUT2D eigenvalue weighted by atomic mass is 9.87. The zero-order valence-electron chi connectivity index (χ0n) is 61.4. The molecule has 0 bridgehead atoms. The standard InChI is InChI=1S/C66H112N18O20/c1-29(2)26-32(6)50(90)33(7)54(93)75-34(8)55(94)76-40(16-14-24-73-65(69)70)51(91)52(92)61(100)79-46(31(5)28-45(68)89)58(97)80-48(37(11)86)60(99)81-47(36(10)85)59(98)77-41(17-15-25-74-66(71)72)56(95)78-42(27-30(3)4)62(101)84(13)43(22-23-44(67)88)57(96)82-49-53(38-18-20-39(87)21-19-38)104-64(103)35(9)83(12)63(49)102/h18-21,29-37,40-43,46-53,85-87,90-92H,14-17,22-28H2,1-13H3,(H2,67,88)(H2,68,89)(H,75,93)(H,76,94)(H,77,98)(H,78,95)(H,79,100)(H,80,97)(H,81,99)(H,82,96)(H4,69,70,73)(H4,71,72,74)/t31-,32+,33+,34+,35-,36+,37+,40-,41+,42-,43-,46+,47+,48+,49+,50+,51+,52+,53-/m0/s1. The van der Waals surface area contributed by atoms with Gasteiger partial charge in [0.25, 0.3) is 5.91 Å². The number of hydrogen-bond acceptors (Lipinski definition) is 22. The van der Waals surface area contributed by atoms with Gasteiger partial charge >= 0.3 is 5.97 Å². The smallest absolute Gasteiger partial charge is 0.329 e. The number of phenolic OH excluding ortho intramolecular Hbond substituents is 1. The fraction of sp³-hybridized carbons (Fsp3) is 0.682. The number of nitrogens with one attached hydrogen (secondary N) is 8. The number of nitrogens with two attached hydrogens (primary N) is 6. The maximum Gasteiger partial charge on any atom is 0.329 e. The molecule has 38 heteroatoms. The molecule has 1 heterocycles. The maximum atomic E-state index is 14.8. The van der Waals surface area contributed by atoms with Crippen LogP contribution in [0.2, 0.25) is 0 Å². The molecule has 2 rings (SSSR count). The second-order valence-corrected chi connectivity index (χ2v) is 27.4. The molecule has 1 aliphatic heterocycles. The summed E-state index contributed by atoms with van der Waals surface area (Å²) in [6.07, 6.45) is -12.6. The van der Waals surface area contributed by atoms with E-state index < -0.39 is 211 Å². The van der Waals surface area contributed by atoms with Gasteiger partial charge in [-0.2, -0.15) is 0 Å². The minimum absolute atomic E-state index is 0.0262. The molecule has 1 aromatic rings. The molecule has 104 heavy (non-hydrogen) atoms. The molecule has 0 aliphatic carbocycles. The van der Waals surface area contributed by atoms with E-state index in [2.05, 4.69) is 52.5 Å². The van der Waals surface area contributed by atoms with Crippen LogP contribution in [0.25, 0.3) is 0 Å². The summed E-state index contributed by atoms with van der Waals surface area (Å²) in [5.41, 5.74) is 33.2. The first-order valence-electron chi connectivity index (χ1n) is 34.4. The molecule has 0 saturated carbocycles. The zero-order chi connectivity index (χ0) is 79.5. The van der Waals surface area contributed by atoms with Gasteiger partial charge in [0.1, 0.15) is 66.2 Å². The Morgan fingerprint density at radius 2 is 1.07 bits per heavy atom. The number of rotatable bonds is 43. The van der Waals surface area contributed by atoms with Gasteiger partial charge in [0.2, 0.25) is 65.0 Å². The Morgan fingerprint density at radius 1 is 0.567 bits per heavy atom. The molecule has 0 aromatic heterocycles. The number of carbonyl (C=O) groups excluding carboxylic acids is 13. The zero-order valence-corrected chi connectivity index (χ0v) is 61.4. The number of phenols is 1. The van der Waals surface area contributed by atoms with Gasteiger partial charge in [0.05, 0.1) is 30.3 Å². The van der Waals surface area contributed by atoms with E-state index >= 15 is 0 Å². The molecule has 1 aromatic carbocycles. The molecule has 12 amide bonds. The molecule has 26 N–H and O–H groups in total. The molecule has 0 unspecified atom stereocenters. The Hall–Kier alpha value is -9.53. The molecule has 1 saturated heterocycles. The normalized spacial score (nSPS) is 19.2. The van der Waals surface area contributed by atoms with E-state index in [0.29, 0.717) is 6.42 Å². The van der Waals surface area contributed by atoms with E-state index in [1.807, 2.05) is 13.8 Å². The third-order valence-corrected chi connectivity index (χ3v) is 17.5. The summed E-state index contributed by atoms with van der Waals surface area (Å²) in [4.78, 5) is 189. The molecular weight excluding hydrogens is 1360 g/mol. The number of ether oxygens (including phenoxy) is 1. The number of aliphatic hydroxyl groups is 5. The number of likely N-dealkylation sites (N-methyl/N-ethyl adjacent to an activating group) is 2. The minimum Gasteiger partial charge on any atom is -0.508 e. The van der Waals surface area contributed by atoms with Crippen molar-refractivity contribution in [2.24, 2.45) is 74.0 Å². The van der Waals surface area contributed by atoms with Crippen LogP contribution >= 0.6 is 0 Å². The van der Waals surface area contributed by atoms with Crippen LogP contribution in [0, 0.1) is 29.6 Å². The maximum absolute atomic E-state index is 14.8. The summed E-state index contributed by atoms with van der Waals surface area (Å²) in [5.74, 6) is -17.1. The molecule has 0 spiro atoms. The van der Waals surface area contributed by atoms with Gasteiger partial charge in [-0.25, -0.2) is 4.79 Å². The summed E-state index contributed by atoms with van der Waals surface area (Å²) in [6.45, 7) is 16.4. The number of hydrogen-bond donors (Lipinski definition) is 20. The van der Waals surface area contributed by atoms with Gasteiger partial charge in [0, 0.05) is 40.0 Å². The van der Waals surface area contributed by atoms with Crippen LogP contribution in [0.5, 0.6) is 5.75 Å². The quantitative estimate of drug-likeness (QED) is 0.0125. The van der Waals surface area contributed by atoms with Gasteiger partial charge < -0.3 is 122 Å². The number of aliphatic imine (C=N–C) groups is 2. The topological polar surface area (TPSA) is 636 Å². The molecule has 1 fully saturated rings. The van der Waals surface area contributed by atoms with Crippen molar-refractivity contribution in [2.75, 3.05) is 27.2 Å². The fourth-order valence-electron chi connectivity index (χ4n) is 11.4. The highest BCUT2D eigenvalue weighted by Crippen LogP contribution is 2.30. The van der Waals surface area contributed by atoms with Crippen LogP contribution in [0.4, 0.5) is 0 Å². The number of primary amides is 2. The third kappa shape index (κ3) is 29.0. The van der Waals surface area contributed by atoms with Crippen molar-refractivity contribution >= 4 is 88.8 Å². The first-order chi connectivity index (χ1) is 48.3. The lowest BCUT2D eigenvalue weighted by molar-refractivity contribution is -0.153. The third-order valence-electron chi connectivity index (χ3n) is 17.5. The first kappa shape index (κ1) is 90.6. The molecular formula is C66H112N18O20. The number of nitrogens with zero attached hydrogens (tertiary/aromatic N) is 4. The summed E-state index contributed by atoms with van der Waals surface area (Å²) < 4.78 is 5.72. The number of guanidine groups is 2. The molecule has 38 nitrogen and oxygen atoms in total. The predicted octanol–water partition coefficient (Wildman–Crippen LogP) is -6.34. The summed E-state index contributed by atoms with van der Waals surface area (Å²) >= 11 is 0. The van der Waals surface area contributed by atoms with Gasteiger partial charge in [-0.1, -0.05) is 60.6 Å². The number of aliphatic hydroxyl groups excluding tert-OH is 5. The van der Waals surface area contributed by atoms with Crippen LogP contribution in [0.15, 0.2) is 34.3 Å². The summed E-state index contributed by atoms with van der Waals surface area (Å²) in [7, 11) is 2.48. The highest BCUT2D eigenvalue weighted by Gasteiger charge is 2.46. The number of cyclic esters (lactones) is 1. The van der Waals surface area contributed by atoms with E-state index in [1.165, 1.54) is 66.1 Å². The van der Waals surface area contributed by atoms with Crippen molar-refractivity contribution < 1.29 is 97.7 Å². The van der Waals surface area contributed by atoms with Gasteiger partial charge in [-0.15, -0.1) is 0 Å². The summed E-state index contributed by atoms with van der Waals surface area (Å²) in [5, 5.41) is 85.2. The van der Waals surface area contributed by atoms with Crippen molar-refractivity contribution in [1.82, 2.24) is 52.3 Å². The monoisotopic (exact) mass is 1480 g/mol. The predicted molar refractivity (Wildman–Crippen MR) is 377 cm³/mol. The average Bonchev–Trinajstić information content (AvgIpc) is 1.59. The van der Waals surface area contributed by atoms with E-state index in [0.717, 1.165) is 23.6 Å². The van der Waals surface area contributed by atoms with Crippen molar-refractivity contribution in [3.05, 3.63) is 29.8 Å². The molecule has 0 radical (unpaired) electrons. The van der Waals surface area contributed by atoms with Crippen LogP contribution in [-0.2, 0) is 67.1 Å². The number of aromatic hydroxyl groups is 1. The second kappa shape index (κ2) is 42.9. The fourth-order valence-corrected chi connectivity index (χ4v) is 11.4. The van der Waals surface area contributed by atoms with E-state index in [1.54, 1.807) is 20.8 Å². The molecule has 1 aliphatic rings. The highest BCUT2D eigenvalue weighted by molar-refractivity contribution is 5.99. The Balaban J connectivity index is 2.55. The number of carbonyl (C=O) groups is 13. The summed E-state index contributed by atoms with van der Waals surface area (Å²) in [6, 6.07) is -11.2. The minimum atomic E-state index is -2.49. The van der Waals surface area contributed by atoms with E-state index in [9.17, 15) is 93.0 Å². The Kier molecular flexibility index (Phi) is 37.4. The van der Waals surface area contributed by atoms with Gasteiger partial charge in [-0.3, -0.25) is 67.5 Å². The van der Waals surface area contributed by atoms with Crippen LogP contribution in [-0.4, -0.2) is 247 Å². The van der Waals surface area contributed by atoms with Crippen molar-refractivity contribution in [3.8, 4) is 5.75 Å². The van der Waals surface area contributed by atoms with E-state index in [-0.39, 0.29) is 80.3 Å². The van der Waals surface area contributed by atoms with Crippen LogP contribution in [0.3, 0.4) is 0 Å². The van der Waals surface area contributed by atoms with Gasteiger partial charge in [-0.05, 0) is 114 Å². The number of benzene rings is 1. The molecule has 19 atom stereocenters. The number of esters is 1. The van der Waals surface area contributed by atoms with Crippen LogP contribution < -0.4 is 76.9 Å². The Bertz CT molecular complexity index is 3170.